The SMILES string of the molecule is CC(Cl)c1cc(S(=N)(=O)NC(=O)Nc2c3c(cc4c2CCC4)CCC3)nn1C.CC(O)c1cc(S(=N)(=O)NC(=O)Nc2c3c(cc4c2CCC4)CCC3)nn1C. The molecule has 0 aliphatic heterocycles. The summed E-state index contributed by atoms with van der Waals surface area (Å²) in [5, 5.41) is 23.2. The van der Waals surface area contributed by atoms with Crippen LogP contribution in [0.3, 0.4) is 0 Å². The molecule has 0 saturated heterocycles. The van der Waals surface area contributed by atoms with Gasteiger partial charge in [0.15, 0.2) is 29.9 Å². The second-order valence-corrected chi connectivity index (χ2v) is 19.2. The minimum atomic E-state index is -3.65. The number of urea groups is 2. The summed E-state index contributed by atoms with van der Waals surface area (Å²) in [5.74, 6) is 0. The highest BCUT2D eigenvalue weighted by Crippen LogP contribution is 2.40. The van der Waals surface area contributed by atoms with Gasteiger partial charge in [-0.25, -0.2) is 37.0 Å². The largest absolute Gasteiger partial charge is 0.387 e. The van der Waals surface area contributed by atoms with Crippen LogP contribution in [-0.2, 0) is 85.3 Å². The van der Waals surface area contributed by atoms with Crippen molar-refractivity contribution >= 4 is 54.9 Å². The van der Waals surface area contributed by atoms with Crippen molar-refractivity contribution in [3.63, 3.8) is 0 Å². The third kappa shape index (κ3) is 7.91. The summed E-state index contributed by atoms with van der Waals surface area (Å²) in [6.45, 7) is 3.33. The number of amides is 4. The van der Waals surface area contributed by atoms with Crippen molar-refractivity contribution in [2.45, 2.75) is 112 Å². The maximum absolute atomic E-state index is 12.8. The number of nitrogens with zero attached hydrogens (tertiary/aromatic N) is 4. The van der Waals surface area contributed by atoms with Crippen molar-refractivity contribution in [1.82, 2.24) is 29.0 Å². The molecule has 0 saturated carbocycles. The lowest BCUT2D eigenvalue weighted by Gasteiger charge is -2.17. The second-order valence-electron chi connectivity index (χ2n) is 15.0. The number of nitrogens with one attached hydrogen (secondary N) is 6. The van der Waals surface area contributed by atoms with Gasteiger partial charge in [-0.15, -0.1) is 11.6 Å². The van der Waals surface area contributed by atoms with Crippen molar-refractivity contribution < 1.29 is 23.1 Å². The van der Waals surface area contributed by atoms with Gasteiger partial charge in [-0.1, -0.05) is 12.1 Å². The van der Waals surface area contributed by atoms with E-state index in [0.717, 1.165) is 88.4 Å². The van der Waals surface area contributed by atoms with E-state index in [0.29, 0.717) is 11.4 Å². The lowest BCUT2D eigenvalue weighted by molar-refractivity contribution is 0.189. The molecule has 2 aromatic heterocycles. The molecule has 0 bridgehead atoms. The van der Waals surface area contributed by atoms with Crippen LogP contribution in [0.25, 0.3) is 0 Å². The third-order valence-corrected chi connectivity index (χ3v) is 13.9. The molecule has 4 aliphatic carbocycles. The summed E-state index contributed by atoms with van der Waals surface area (Å²) in [6.07, 6.45) is 11.3. The van der Waals surface area contributed by atoms with E-state index in [2.05, 4.69) is 42.4 Å². The lowest BCUT2D eigenvalue weighted by atomic mass is 9.99. The molecule has 4 atom stereocenters. The number of hydrogen-bond donors (Lipinski definition) is 7. The smallest absolute Gasteiger partial charge is 0.332 e. The summed E-state index contributed by atoms with van der Waals surface area (Å²) in [4.78, 5) is 25.3. The molecule has 4 amide bonds. The Hall–Kier alpha value is -4.45. The first-order valence-electron chi connectivity index (χ1n) is 19.0. The van der Waals surface area contributed by atoms with E-state index in [9.17, 15) is 23.1 Å². The van der Waals surface area contributed by atoms with Gasteiger partial charge in [-0.2, -0.15) is 10.2 Å². The summed E-state index contributed by atoms with van der Waals surface area (Å²) in [6, 6.07) is 6.14. The molecule has 0 fully saturated rings. The quantitative estimate of drug-likeness (QED) is 0.0986. The Morgan fingerprint density at radius 2 is 1.00 bits per heavy atom. The molecule has 4 aliphatic rings. The Labute approximate surface area is 332 Å². The zero-order chi connectivity index (χ0) is 40.1. The Bertz CT molecular complexity index is 2220. The summed E-state index contributed by atoms with van der Waals surface area (Å²) < 4.78 is 49.3. The Morgan fingerprint density at radius 3 is 1.30 bits per heavy atom. The number of carbonyl (C=O) groups excluding carboxylic acids is 2. The number of anilines is 2. The number of aliphatic hydroxyl groups is 1. The van der Waals surface area contributed by atoms with Gasteiger partial charge in [0.05, 0.1) is 22.9 Å². The Balaban J connectivity index is 0.000000172. The van der Waals surface area contributed by atoms with Crippen LogP contribution in [0.5, 0.6) is 0 Å². The molecule has 2 heterocycles. The molecule has 0 spiro atoms. The van der Waals surface area contributed by atoms with Crippen LogP contribution in [0.2, 0.25) is 0 Å². The zero-order valence-electron chi connectivity index (χ0n) is 32.0. The molecule has 0 radical (unpaired) electrons. The number of fused-ring (bicyclic) bond motifs is 4. The minimum absolute atomic E-state index is 0.00355. The Morgan fingerprint density at radius 1 is 0.661 bits per heavy atom. The van der Waals surface area contributed by atoms with Crippen molar-refractivity contribution in [3.8, 4) is 0 Å². The zero-order valence-corrected chi connectivity index (χ0v) is 34.4. The normalized spacial score (nSPS) is 18.2. The molecule has 15 nitrogen and oxygen atoms in total. The van der Waals surface area contributed by atoms with Crippen LogP contribution in [0.1, 0.15) is 107 Å². The van der Waals surface area contributed by atoms with Crippen LogP contribution in [-0.4, -0.2) is 45.1 Å². The first-order chi connectivity index (χ1) is 26.5. The topological polar surface area (TPSA) is 220 Å². The standard InChI is InChI=1S/C19H24ClN5O2S.C19H25N5O3S/c1-11(20)16-10-17(23-25(16)2)28(21,27)24-19(26)22-18-14-7-3-5-12(14)9-13-6-4-8-15(13)18;1-11(25)16-10-17(22-24(16)2)28(20,27)23-19(26)21-18-14-7-3-5-12(14)9-13-6-4-8-15(13)18/h9-11H,3-8H2,1-2H3,(H3,21,22,24,26,27);9-11,25H,3-8H2,1-2H3,(H3,20,21,23,26,27). The van der Waals surface area contributed by atoms with Gasteiger partial charge in [0.25, 0.3) is 0 Å². The maximum Gasteiger partial charge on any atom is 0.332 e. The van der Waals surface area contributed by atoms with E-state index >= 15 is 0 Å². The van der Waals surface area contributed by atoms with Gasteiger partial charge >= 0.3 is 12.1 Å². The minimum Gasteiger partial charge on any atom is -0.387 e. The second kappa shape index (κ2) is 15.5. The average molecular weight is 825 g/mol. The lowest BCUT2D eigenvalue weighted by Crippen LogP contribution is -2.34. The number of aliphatic hydroxyl groups excluding tert-OH is 1. The van der Waals surface area contributed by atoms with Crippen LogP contribution >= 0.6 is 11.6 Å². The Kier molecular flexibility index (Phi) is 11.0. The monoisotopic (exact) mass is 824 g/mol. The molecule has 2 aromatic carbocycles. The number of rotatable bonds is 8. The van der Waals surface area contributed by atoms with Crippen LogP contribution in [0.15, 0.2) is 34.3 Å². The first kappa shape index (κ1) is 39.8. The van der Waals surface area contributed by atoms with Gasteiger partial charge in [0.2, 0.25) is 0 Å². The summed E-state index contributed by atoms with van der Waals surface area (Å²) in [7, 11) is -3.98. The molecule has 4 unspecified atom stereocenters. The van der Waals surface area contributed by atoms with Crippen molar-refractivity contribution in [2.24, 2.45) is 14.1 Å². The fraction of sp³-hybridized carbons (Fsp3) is 0.474. The molecule has 7 N–H and O–H groups in total. The summed E-state index contributed by atoms with van der Waals surface area (Å²) >= 11 is 6.08. The molecule has 300 valence electrons. The summed E-state index contributed by atoms with van der Waals surface area (Å²) in [5.41, 5.74) is 12.6. The van der Waals surface area contributed by atoms with Gasteiger partial charge in [-0.3, -0.25) is 9.36 Å². The van der Waals surface area contributed by atoms with Crippen LogP contribution < -0.4 is 20.1 Å². The molecular formula is C38H49ClN10O5S2. The van der Waals surface area contributed by atoms with E-state index in [1.165, 1.54) is 66.0 Å². The number of halogens is 1. The highest BCUT2D eigenvalue weighted by Gasteiger charge is 2.29. The van der Waals surface area contributed by atoms with E-state index in [-0.39, 0.29) is 15.4 Å². The van der Waals surface area contributed by atoms with Crippen LogP contribution in [0.4, 0.5) is 21.0 Å². The van der Waals surface area contributed by atoms with E-state index in [4.69, 9.17) is 21.2 Å². The highest BCUT2D eigenvalue weighted by atomic mass is 35.5. The fourth-order valence-corrected chi connectivity index (χ4v) is 10.6. The van der Waals surface area contributed by atoms with Gasteiger partial charge in [-0.05, 0) is 135 Å². The number of carbonyl (C=O) groups is 2. The maximum atomic E-state index is 12.8. The third-order valence-electron chi connectivity index (χ3n) is 11.1. The van der Waals surface area contributed by atoms with Crippen molar-refractivity contribution in [1.29, 1.82) is 9.56 Å². The van der Waals surface area contributed by atoms with Gasteiger partial charge in [0, 0.05) is 37.6 Å². The van der Waals surface area contributed by atoms with E-state index < -0.39 is 38.0 Å². The molecule has 8 rings (SSSR count). The molecular weight excluding hydrogens is 776 g/mol. The molecule has 56 heavy (non-hydrogen) atoms. The predicted octanol–water partition coefficient (Wildman–Crippen LogP) is 6.43. The van der Waals surface area contributed by atoms with Crippen LogP contribution in [0, 0.1) is 9.56 Å². The van der Waals surface area contributed by atoms with E-state index in [1.807, 2.05) is 0 Å². The number of hydrogen-bond acceptors (Lipinski definition) is 9. The number of benzene rings is 2. The number of aromatic nitrogens is 4. The van der Waals surface area contributed by atoms with Crippen molar-refractivity contribution in [2.75, 3.05) is 10.6 Å². The predicted molar refractivity (Wildman–Crippen MR) is 215 cm³/mol. The van der Waals surface area contributed by atoms with Gasteiger partial charge in [0.1, 0.15) is 0 Å². The number of aryl methyl sites for hydroxylation is 6. The highest BCUT2D eigenvalue weighted by molar-refractivity contribution is 7.91. The first-order valence-corrected chi connectivity index (χ1v) is 22.6. The average Bonchev–Trinajstić information content (AvgIpc) is 3.96. The van der Waals surface area contributed by atoms with Crippen molar-refractivity contribution in [3.05, 3.63) is 80.2 Å². The molecule has 18 heteroatoms. The fourth-order valence-electron chi connectivity index (χ4n) is 8.53. The van der Waals surface area contributed by atoms with Gasteiger partial charge < -0.3 is 15.7 Å². The van der Waals surface area contributed by atoms with E-state index in [1.54, 1.807) is 27.9 Å². The molecule has 4 aromatic rings. The number of alkyl halides is 1.